The van der Waals surface area contributed by atoms with E-state index in [9.17, 15) is 0 Å². The molecule has 1 aliphatic rings. The maximum absolute atomic E-state index is 3.72. The molecule has 1 rings (SSSR count). The highest BCUT2D eigenvalue weighted by atomic mass is 32.2. The van der Waals surface area contributed by atoms with Gasteiger partial charge >= 0.3 is 0 Å². The lowest BCUT2D eigenvalue weighted by molar-refractivity contribution is 0.786. The molecule has 0 aromatic heterocycles. The molecule has 14 heavy (non-hydrogen) atoms. The van der Waals surface area contributed by atoms with Crippen LogP contribution in [0.1, 0.15) is 19.3 Å². The van der Waals surface area contributed by atoms with Crippen molar-refractivity contribution in [2.45, 2.75) is 24.5 Å². The van der Waals surface area contributed by atoms with Gasteiger partial charge in [-0.2, -0.15) is 35.3 Å². The SMILES string of the molecule is C=CCSCCCCCSCC1CS1. The lowest BCUT2D eigenvalue weighted by Crippen LogP contribution is -1.90. The van der Waals surface area contributed by atoms with E-state index in [4.69, 9.17) is 0 Å². The van der Waals surface area contributed by atoms with Crippen LogP contribution in [0.3, 0.4) is 0 Å². The number of hydrogen-bond acceptors (Lipinski definition) is 3. The lowest BCUT2D eigenvalue weighted by atomic mass is 10.3. The van der Waals surface area contributed by atoms with Gasteiger partial charge in [-0.1, -0.05) is 12.5 Å². The normalized spacial score (nSPS) is 19.6. The van der Waals surface area contributed by atoms with E-state index in [2.05, 4.69) is 30.1 Å². The van der Waals surface area contributed by atoms with Gasteiger partial charge in [0.15, 0.2) is 0 Å². The van der Waals surface area contributed by atoms with Gasteiger partial charge in [0.25, 0.3) is 0 Å². The largest absolute Gasteiger partial charge is 0.161 e. The first kappa shape index (κ1) is 12.9. The zero-order chi connectivity index (χ0) is 10.1. The first-order valence-electron chi connectivity index (χ1n) is 5.31. The summed E-state index contributed by atoms with van der Waals surface area (Å²) in [5.74, 6) is 6.63. The van der Waals surface area contributed by atoms with Crippen LogP contribution in [0, 0.1) is 0 Å². The number of unbranched alkanes of at least 4 members (excludes halogenated alkanes) is 2. The molecule has 3 heteroatoms. The van der Waals surface area contributed by atoms with Crippen molar-refractivity contribution in [1.82, 2.24) is 0 Å². The van der Waals surface area contributed by atoms with Gasteiger partial charge < -0.3 is 0 Å². The minimum atomic E-state index is 1.02. The first-order chi connectivity index (χ1) is 6.93. The molecule has 82 valence electrons. The minimum absolute atomic E-state index is 1.02. The highest BCUT2D eigenvalue weighted by Crippen LogP contribution is 2.33. The number of thioether (sulfide) groups is 3. The smallest absolute Gasteiger partial charge is 0.0229 e. The molecule has 0 aromatic rings. The Balaban J connectivity index is 1.64. The van der Waals surface area contributed by atoms with Crippen molar-refractivity contribution >= 4 is 35.3 Å². The summed E-state index contributed by atoms with van der Waals surface area (Å²) in [5.41, 5.74) is 0. The second kappa shape index (κ2) is 9.05. The molecule has 0 nitrogen and oxygen atoms in total. The summed E-state index contributed by atoms with van der Waals surface area (Å²) in [7, 11) is 0. The molecule has 1 unspecified atom stereocenters. The highest BCUT2D eigenvalue weighted by Gasteiger charge is 2.21. The maximum Gasteiger partial charge on any atom is 0.0229 e. The maximum atomic E-state index is 3.72. The molecule has 0 aliphatic carbocycles. The molecule has 0 spiro atoms. The van der Waals surface area contributed by atoms with Crippen molar-refractivity contribution < 1.29 is 0 Å². The van der Waals surface area contributed by atoms with E-state index in [-0.39, 0.29) is 0 Å². The van der Waals surface area contributed by atoms with E-state index in [0.717, 1.165) is 11.0 Å². The van der Waals surface area contributed by atoms with Crippen LogP contribution in [-0.2, 0) is 0 Å². The van der Waals surface area contributed by atoms with Crippen molar-refractivity contribution in [3.63, 3.8) is 0 Å². The average Bonchev–Trinajstić information content (AvgIpc) is 2.99. The Morgan fingerprint density at radius 1 is 1.21 bits per heavy atom. The van der Waals surface area contributed by atoms with E-state index >= 15 is 0 Å². The summed E-state index contributed by atoms with van der Waals surface area (Å²) in [5, 5.41) is 1.02. The van der Waals surface area contributed by atoms with Gasteiger partial charge in [-0.05, 0) is 24.3 Å². The van der Waals surface area contributed by atoms with Gasteiger partial charge in [0.05, 0.1) is 0 Å². The molecular formula is C11H20S3. The van der Waals surface area contributed by atoms with Crippen molar-refractivity contribution in [2.75, 3.05) is 28.8 Å². The Kier molecular flexibility index (Phi) is 8.31. The predicted molar refractivity (Wildman–Crippen MR) is 74.9 cm³/mol. The molecule has 0 N–H and O–H groups in total. The third-order valence-corrected chi connectivity index (χ3v) is 5.47. The van der Waals surface area contributed by atoms with Crippen LogP contribution < -0.4 is 0 Å². The van der Waals surface area contributed by atoms with Gasteiger partial charge in [0.2, 0.25) is 0 Å². The lowest BCUT2D eigenvalue weighted by Gasteiger charge is -2.00. The average molecular weight is 248 g/mol. The fourth-order valence-corrected chi connectivity index (χ4v) is 3.90. The van der Waals surface area contributed by atoms with E-state index in [1.807, 2.05) is 17.8 Å². The van der Waals surface area contributed by atoms with E-state index in [0.29, 0.717) is 0 Å². The Labute approximate surface area is 101 Å². The van der Waals surface area contributed by atoms with Gasteiger partial charge in [-0.15, -0.1) is 6.58 Å². The Bertz CT molecular complexity index is 143. The highest BCUT2D eigenvalue weighted by molar-refractivity contribution is 8.08. The van der Waals surface area contributed by atoms with Gasteiger partial charge in [-0.3, -0.25) is 0 Å². The van der Waals surface area contributed by atoms with Crippen molar-refractivity contribution in [1.29, 1.82) is 0 Å². The van der Waals surface area contributed by atoms with Crippen molar-refractivity contribution in [3.8, 4) is 0 Å². The zero-order valence-corrected chi connectivity index (χ0v) is 11.2. The van der Waals surface area contributed by atoms with Crippen molar-refractivity contribution in [3.05, 3.63) is 12.7 Å². The fourth-order valence-electron chi connectivity index (χ4n) is 1.13. The second-order valence-corrected chi connectivity index (χ2v) is 7.09. The molecule has 1 fully saturated rings. The molecule has 0 amide bonds. The van der Waals surface area contributed by atoms with Gasteiger partial charge in [0.1, 0.15) is 0 Å². The third kappa shape index (κ3) is 8.13. The minimum Gasteiger partial charge on any atom is -0.161 e. The molecule has 0 radical (unpaired) electrons. The molecule has 1 atom stereocenters. The molecule has 1 saturated heterocycles. The molecule has 1 heterocycles. The van der Waals surface area contributed by atoms with Crippen LogP contribution in [0.2, 0.25) is 0 Å². The van der Waals surface area contributed by atoms with E-state index < -0.39 is 0 Å². The summed E-state index contributed by atoms with van der Waals surface area (Å²) in [4.78, 5) is 0. The topological polar surface area (TPSA) is 0 Å². The van der Waals surface area contributed by atoms with Gasteiger partial charge in [-0.25, -0.2) is 0 Å². The Hall–Kier alpha value is 0.790. The van der Waals surface area contributed by atoms with E-state index in [1.54, 1.807) is 0 Å². The summed E-state index contributed by atoms with van der Waals surface area (Å²) < 4.78 is 0. The molecule has 0 bridgehead atoms. The van der Waals surface area contributed by atoms with Crippen LogP contribution in [0.4, 0.5) is 0 Å². The monoisotopic (exact) mass is 248 g/mol. The van der Waals surface area contributed by atoms with Crippen LogP contribution in [0.25, 0.3) is 0 Å². The van der Waals surface area contributed by atoms with E-state index in [1.165, 1.54) is 42.3 Å². The molecule has 1 aliphatic heterocycles. The van der Waals surface area contributed by atoms with Crippen molar-refractivity contribution in [2.24, 2.45) is 0 Å². The standard InChI is InChI=1S/C11H20S3/c1-2-6-12-7-4-3-5-8-13-9-11-10-14-11/h2,11H,1,3-10H2. The summed E-state index contributed by atoms with van der Waals surface area (Å²) in [6.45, 7) is 3.72. The Morgan fingerprint density at radius 2 is 1.93 bits per heavy atom. The quantitative estimate of drug-likeness (QED) is 0.327. The number of rotatable bonds is 10. The molecule has 0 aromatic carbocycles. The Morgan fingerprint density at radius 3 is 2.57 bits per heavy atom. The molecule has 0 saturated carbocycles. The predicted octanol–water partition coefficient (Wildman–Crippen LogP) is 3.92. The summed E-state index contributed by atoms with van der Waals surface area (Å²) >= 11 is 6.26. The molecular weight excluding hydrogens is 228 g/mol. The third-order valence-electron chi connectivity index (χ3n) is 2.02. The summed E-state index contributed by atoms with van der Waals surface area (Å²) in [6.07, 6.45) is 6.21. The first-order valence-corrected chi connectivity index (χ1v) is 8.67. The van der Waals surface area contributed by atoms with Crippen LogP contribution in [-0.4, -0.2) is 34.0 Å². The van der Waals surface area contributed by atoms with Gasteiger partial charge in [0, 0.05) is 22.5 Å². The summed E-state index contributed by atoms with van der Waals surface area (Å²) in [6, 6.07) is 0. The fraction of sp³-hybridized carbons (Fsp3) is 0.818. The van der Waals surface area contributed by atoms with Crippen LogP contribution in [0.15, 0.2) is 12.7 Å². The van der Waals surface area contributed by atoms with Crippen LogP contribution in [0.5, 0.6) is 0 Å². The second-order valence-electron chi connectivity index (χ2n) is 3.45. The van der Waals surface area contributed by atoms with Crippen LogP contribution >= 0.6 is 35.3 Å². The zero-order valence-electron chi connectivity index (χ0n) is 8.74. The number of hydrogen-bond donors (Lipinski definition) is 0.